The fourth-order valence-corrected chi connectivity index (χ4v) is 2.07. The van der Waals surface area contributed by atoms with Crippen LogP contribution in [0.4, 0.5) is 0 Å². The van der Waals surface area contributed by atoms with Crippen molar-refractivity contribution >= 4 is 5.91 Å². The Morgan fingerprint density at radius 1 is 1.25 bits per heavy atom. The number of hydrogen-bond acceptors (Lipinski definition) is 3. The average molecular weight is 277 g/mol. The monoisotopic (exact) mass is 277 g/mol. The van der Waals surface area contributed by atoms with Crippen molar-refractivity contribution in [3.05, 3.63) is 35.9 Å². The molecule has 0 radical (unpaired) electrons. The molecule has 1 rings (SSSR count). The van der Waals surface area contributed by atoms with Gasteiger partial charge in [0.2, 0.25) is 5.91 Å². The molecule has 0 aliphatic rings. The molecule has 20 heavy (non-hydrogen) atoms. The number of carbonyl (C=O) groups is 1. The topological polar surface area (TPSA) is 58.4 Å². The quantitative estimate of drug-likeness (QED) is 0.789. The van der Waals surface area contributed by atoms with Crippen molar-refractivity contribution < 1.29 is 4.79 Å². The summed E-state index contributed by atoms with van der Waals surface area (Å²) in [6, 6.07) is 9.49. The Labute approximate surface area is 122 Å². The highest BCUT2D eigenvalue weighted by molar-refractivity contribution is 5.82. The number of carbonyl (C=O) groups excluding carboxylic acids is 1. The standard InChI is InChI=1S/C16H27N3O/c1-12(2)15(11-19(3)4)18-16(20)14(17)10-13-8-6-5-7-9-13/h5-9,12,14-15H,10-11,17H2,1-4H3,(H,18,20)/t14-,15?/m1/s1. The molecule has 0 saturated carbocycles. The molecule has 3 N–H and O–H groups in total. The molecule has 0 bridgehead atoms. The summed E-state index contributed by atoms with van der Waals surface area (Å²) in [5.74, 6) is 0.305. The maximum atomic E-state index is 12.2. The Bertz CT molecular complexity index is 403. The lowest BCUT2D eigenvalue weighted by Gasteiger charge is -2.27. The van der Waals surface area contributed by atoms with Gasteiger partial charge in [-0.05, 0) is 32.0 Å². The Morgan fingerprint density at radius 2 is 1.85 bits per heavy atom. The Balaban J connectivity index is 2.55. The fourth-order valence-electron chi connectivity index (χ4n) is 2.07. The minimum Gasteiger partial charge on any atom is -0.350 e. The number of nitrogens with two attached hydrogens (primary N) is 1. The molecule has 1 aromatic rings. The van der Waals surface area contributed by atoms with Gasteiger partial charge in [-0.15, -0.1) is 0 Å². The summed E-state index contributed by atoms with van der Waals surface area (Å²) in [4.78, 5) is 14.3. The molecular formula is C16H27N3O. The minimum absolute atomic E-state index is 0.0746. The summed E-state index contributed by atoms with van der Waals surface area (Å²) in [5.41, 5.74) is 7.09. The van der Waals surface area contributed by atoms with E-state index in [4.69, 9.17) is 5.73 Å². The van der Waals surface area contributed by atoms with Gasteiger partial charge in [-0.1, -0.05) is 44.2 Å². The Kier molecular flexibility index (Phi) is 6.68. The van der Waals surface area contributed by atoms with E-state index in [1.807, 2.05) is 44.4 Å². The normalized spacial score (nSPS) is 14.3. The third kappa shape index (κ3) is 5.72. The second-order valence-electron chi connectivity index (χ2n) is 5.92. The predicted molar refractivity (Wildman–Crippen MR) is 83.4 cm³/mol. The minimum atomic E-state index is -0.499. The number of rotatable bonds is 7. The third-order valence-electron chi connectivity index (χ3n) is 3.33. The van der Waals surface area contributed by atoms with Gasteiger partial charge >= 0.3 is 0 Å². The second kappa shape index (κ2) is 8.02. The van der Waals surface area contributed by atoms with Gasteiger partial charge in [0.15, 0.2) is 0 Å². The van der Waals surface area contributed by atoms with Gasteiger partial charge in [-0.2, -0.15) is 0 Å². The number of hydrogen-bond donors (Lipinski definition) is 2. The number of likely N-dealkylation sites (N-methyl/N-ethyl adjacent to an activating group) is 1. The molecule has 0 fully saturated rings. The maximum Gasteiger partial charge on any atom is 0.237 e. The summed E-state index contributed by atoms with van der Waals surface area (Å²) in [6.45, 7) is 5.04. The van der Waals surface area contributed by atoms with Crippen molar-refractivity contribution in [1.29, 1.82) is 0 Å². The van der Waals surface area contributed by atoms with E-state index in [2.05, 4.69) is 24.1 Å². The molecule has 112 valence electrons. The Morgan fingerprint density at radius 3 is 2.35 bits per heavy atom. The highest BCUT2D eigenvalue weighted by Crippen LogP contribution is 2.05. The van der Waals surface area contributed by atoms with Crippen LogP contribution in [0.25, 0.3) is 0 Å². The summed E-state index contributed by atoms with van der Waals surface area (Å²) in [7, 11) is 4.01. The number of nitrogens with zero attached hydrogens (tertiary/aromatic N) is 1. The first-order chi connectivity index (χ1) is 9.40. The van der Waals surface area contributed by atoms with Crippen LogP contribution in [-0.2, 0) is 11.2 Å². The van der Waals surface area contributed by atoms with Gasteiger partial charge in [-0.3, -0.25) is 4.79 Å². The maximum absolute atomic E-state index is 12.2. The molecule has 0 saturated heterocycles. The van der Waals surface area contributed by atoms with Crippen LogP contribution in [-0.4, -0.2) is 43.5 Å². The van der Waals surface area contributed by atoms with Gasteiger partial charge in [0.05, 0.1) is 6.04 Å². The molecule has 1 unspecified atom stereocenters. The molecule has 0 aromatic heterocycles. The van der Waals surface area contributed by atoms with Crippen LogP contribution in [0.15, 0.2) is 30.3 Å². The molecule has 1 amide bonds. The largest absolute Gasteiger partial charge is 0.350 e. The third-order valence-corrected chi connectivity index (χ3v) is 3.33. The summed E-state index contributed by atoms with van der Waals surface area (Å²) < 4.78 is 0. The Hall–Kier alpha value is -1.39. The molecule has 0 aliphatic heterocycles. The van der Waals surface area contributed by atoms with Crippen LogP contribution in [0.3, 0.4) is 0 Å². The van der Waals surface area contributed by atoms with Crippen LogP contribution >= 0.6 is 0 Å². The zero-order chi connectivity index (χ0) is 15.1. The summed E-state index contributed by atoms with van der Waals surface area (Å²) in [6.07, 6.45) is 0.569. The van der Waals surface area contributed by atoms with E-state index in [-0.39, 0.29) is 11.9 Å². The average Bonchev–Trinajstić information content (AvgIpc) is 2.38. The molecule has 0 heterocycles. The lowest BCUT2D eigenvalue weighted by molar-refractivity contribution is -0.123. The van der Waals surface area contributed by atoms with E-state index in [1.54, 1.807) is 0 Å². The lowest BCUT2D eigenvalue weighted by atomic mass is 10.0. The number of benzene rings is 1. The first-order valence-corrected chi connectivity index (χ1v) is 7.14. The molecule has 4 heteroatoms. The van der Waals surface area contributed by atoms with Crippen LogP contribution in [0.2, 0.25) is 0 Å². The molecule has 0 aliphatic carbocycles. The molecule has 4 nitrogen and oxygen atoms in total. The van der Waals surface area contributed by atoms with Crippen molar-refractivity contribution in [3.63, 3.8) is 0 Å². The predicted octanol–water partition coefficient (Wildman–Crippen LogP) is 1.26. The molecular weight excluding hydrogens is 250 g/mol. The highest BCUT2D eigenvalue weighted by Gasteiger charge is 2.21. The van der Waals surface area contributed by atoms with Gasteiger partial charge in [-0.25, -0.2) is 0 Å². The van der Waals surface area contributed by atoms with Crippen molar-refractivity contribution in [2.24, 2.45) is 11.7 Å². The van der Waals surface area contributed by atoms with E-state index >= 15 is 0 Å². The number of amides is 1. The molecule has 2 atom stereocenters. The van der Waals surface area contributed by atoms with Gasteiger partial charge < -0.3 is 16.0 Å². The van der Waals surface area contributed by atoms with E-state index in [0.717, 1.165) is 12.1 Å². The highest BCUT2D eigenvalue weighted by atomic mass is 16.2. The first-order valence-electron chi connectivity index (χ1n) is 7.14. The van der Waals surface area contributed by atoms with E-state index in [9.17, 15) is 4.79 Å². The number of nitrogens with one attached hydrogen (secondary N) is 1. The van der Waals surface area contributed by atoms with Crippen LogP contribution in [0.5, 0.6) is 0 Å². The zero-order valence-electron chi connectivity index (χ0n) is 13.0. The van der Waals surface area contributed by atoms with E-state index in [0.29, 0.717) is 12.3 Å². The van der Waals surface area contributed by atoms with Crippen LogP contribution < -0.4 is 11.1 Å². The summed E-state index contributed by atoms with van der Waals surface area (Å²) in [5, 5.41) is 3.06. The fraction of sp³-hybridized carbons (Fsp3) is 0.562. The zero-order valence-corrected chi connectivity index (χ0v) is 13.0. The molecule has 1 aromatic carbocycles. The lowest BCUT2D eigenvalue weighted by Crippen LogP contribution is -2.51. The smallest absolute Gasteiger partial charge is 0.237 e. The van der Waals surface area contributed by atoms with Gasteiger partial charge in [0, 0.05) is 12.6 Å². The van der Waals surface area contributed by atoms with E-state index < -0.39 is 6.04 Å². The van der Waals surface area contributed by atoms with Crippen molar-refractivity contribution in [3.8, 4) is 0 Å². The first kappa shape index (κ1) is 16.7. The van der Waals surface area contributed by atoms with Crippen molar-refractivity contribution in [1.82, 2.24) is 10.2 Å². The van der Waals surface area contributed by atoms with Crippen LogP contribution in [0.1, 0.15) is 19.4 Å². The van der Waals surface area contributed by atoms with Gasteiger partial charge in [0.1, 0.15) is 0 Å². The van der Waals surface area contributed by atoms with Crippen LogP contribution in [0, 0.1) is 5.92 Å². The summed E-state index contributed by atoms with van der Waals surface area (Å²) >= 11 is 0. The van der Waals surface area contributed by atoms with Crippen molar-refractivity contribution in [2.45, 2.75) is 32.4 Å². The second-order valence-corrected chi connectivity index (χ2v) is 5.92. The SMILES string of the molecule is CC(C)C(CN(C)C)NC(=O)[C@H](N)Cc1ccccc1. The van der Waals surface area contributed by atoms with Gasteiger partial charge in [0.25, 0.3) is 0 Å². The molecule has 0 spiro atoms. The van der Waals surface area contributed by atoms with Crippen molar-refractivity contribution in [2.75, 3.05) is 20.6 Å². The van der Waals surface area contributed by atoms with E-state index in [1.165, 1.54) is 0 Å².